The first-order chi connectivity index (χ1) is 9.52. The van der Waals surface area contributed by atoms with Gasteiger partial charge in [0.15, 0.2) is 0 Å². The van der Waals surface area contributed by atoms with Crippen LogP contribution in [-0.4, -0.2) is 42.6 Å². The van der Waals surface area contributed by atoms with Gasteiger partial charge in [-0.1, -0.05) is 17.7 Å². The van der Waals surface area contributed by atoms with Crippen molar-refractivity contribution in [3.8, 4) is 0 Å². The number of rotatable bonds is 4. The number of hydrogen-bond donors (Lipinski definition) is 1. The topological polar surface area (TPSA) is 41.6 Å². The van der Waals surface area contributed by atoms with Gasteiger partial charge in [-0.3, -0.25) is 9.69 Å². The zero-order valence-electron chi connectivity index (χ0n) is 12.3. The Labute approximate surface area is 137 Å². The predicted octanol–water partition coefficient (Wildman–Crippen LogP) is 3.20. The van der Waals surface area contributed by atoms with Crippen LogP contribution in [0.5, 0.6) is 0 Å². The van der Waals surface area contributed by atoms with Crippen LogP contribution in [0, 0.1) is 0 Å². The number of hydrogen-bond acceptors (Lipinski definition) is 3. The SMILES string of the molecule is CC1CN(CCC(=O)Nc2cccc(Cl)c2)CC(C)O1.Cl. The molecule has 2 atom stereocenters. The fourth-order valence-electron chi connectivity index (χ4n) is 2.52. The molecule has 0 aromatic heterocycles. The Balaban J connectivity index is 0.00000220. The van der Waals surface area contributed by atoms with E-state index in [0.29, 0.717) is 11.4 Å². The van der Waals surface area contributed by atoms with Gasteiger partial charge in [0.1, 0.15) is 0 Å². The molecule has 1 saturated heterocycles. The summed E-state index contributed by atoms with van der Waals surface area (Å²) in [6.45, 7) is 6.65. The molecule has 0 bridgehead atoms. The van der Waals surface area contributed by atoms with Crippen molar-refractivity contribution in [3.63, 3.8) is 0 Å². The summed E-state index contributed by atoms with van der Waals surface area (Å²) in [5, 5.41) is 3.49. The minimum atomic E-state index is 0. The molecule has 1 heterocycles. The second-order valence-electron chi connectivity index (χ2n) is 5.33. The lowest BCUT2D eigenvalue weighted by atomic mass is 10.2. The molecular weight excluding hydrogens is 311 g/mol. The number of ether oxygens (including phenoxy) is 1. The van der Waals surface area contributed by atoms with Crippen molar-refractivity contribution in [2.45, 2.75) is 32.5 Å². The molecule has 0 aliphatic carbocycles. The zero-order chi connectivity index (χ0) is 14.5. The molecular formula is C15H22Cl2N2O2. The van der Waals surface area contributed by atoms with E-state index in [2.05, 4.69) is 24.1 Å². The van der Waals surface area contributed by atoms with Crippen LogP contribution in [0.1, 0.15) is 20.3 Å². The van der Waals surface area contributed by atoms with Crippen molar-refractivity contribution in [2.75, 3.05) is 25.0 Å². The van der Waals surface area contributed by atoms with E-state index in [1.165, 1.54) is 0 Å². The van der Waals surface area contributed by atoms with Gasteiger partial charge in [0.25, 0.3) is 0 Å². The van der Waals surface area contributed by atoms with Gasteiger partial charge in [-0.05, 0) is 32.0 Å². The average molecular weight is 333 g/mol. The molecule has 1 fully saturated rings. The summed E-state index contributed by atoms with van der Waals surface area (Å²) in [6.07, 6.45) is 0.941. The van der Waals surface area contributed by atoms with E-state index in [-0.39, 0.29) is 30.5 Å². The van der Waals surface area contributed by atoms with Crippen molar-refractivity contribution in [1.82, 2.24) is 4.90 Å². The maximum atomic E-state index is 11.9. The Hall–Kier alpha value is -0.810. The van der Waals surface area contributed by atoms with Crippen LogP contribution in [-0.2, 0) is 9.53 Å². The van der Waals surface area contributed by atoms with Crippen molar-refractivity contribution in [1.29, 1.82) is 0 Å². The van der Waals surface area contributed by atoms with Crippen LogP contribution in [0.2, 0.25) is 5.02 Å². The number of anilines is 1. The van der Waals surface area contributed by atoms with Crippen LogP contribution in [0.25, 0.3) is 0 Å². The van der Waals surface area contributed by atoms with E-state index in [9.17, 15) is 4.79 Å². The van der Waals surface area contributed by atoms with Gasteiger partial charge in [-0.25, -0.2) is 0 Å². The van der Waals surface area contributed by atoms with Crippen molar-refractivity contribution in [2.24, 2.45) is 0 Å². The number of nitrogens with one attached hydrogen (secondary N) is 1. The predicted molar refractivity (Wildman–Crippen MR) is 88.4 cm³/mol. The van der Waals surface area contributed by atoms with Crippen LogP contribution in [0.4, 0.5) is 5.69 Å². The molecule has 6 heteroatoms. The van der Waals surface area contributed by atoms with E-state index < -0.39 is 0 Å². The first-order valence-corrected chi connectivity index (χ1v) is 7.34. The van der Waals surface area contributed by atoms with Gasteiger partial charge >= 0.3 is 0 Å². The number of benzene rings is 1. The van der Waals surface area contributed by atoms with Gasteiger partial charge in [-0.2, -0.15) is 0 Å². The highest BCUT2D eigenvalue weighted by Crippen LogP contribution is 2.15. The Morgan fingerprint density at radius 1 is 1.38 bits per heavy atom. The third kappa shape index (κ3) is 6.22. The van der Waals surface area contributed by atoms with E-state index in [1.54, 1.807) is 12.1 Å². The molecule has 1 N–H and O–H groups in total. The van der Waals surface area contributed by atoms with Gasteiger partial charge in [0.05, 0.1) is 12.2 Å². The molecule has 0 spiro atoms. The molecule has 2 rings (SSSR count). The summed E-state index contributed by atoms with van der Waals surface area (Å²) in [5.74, 6) is 0.0130. The van der Waals surface area contributed by atoms with Crippen LogP contribution >= 0.6 is 24.0 Å². The number of carbonyl (C=O) groups is 1. The summed E-state index contributed by atoms with van der Waals surface area (Å²) in [7, 11) is 0. The summed E-state index contributed by atoms with van der Waals surface area (Å²) in [4.78, 5) is 14.2. The van der Waals surface area contributed by atoms with Gasteiger partial charge < -0.3 is 10.1 Å². The zero-order valence-corrected chi connectivity index (χ0v) is 13.9. The molecule has 2 unspecified atom stereocenters. The highest BCUT2D eigenvalue weighted by atomic mass is 35.5. The number of halogens is 2. The number of amides is 1. The van der Waals surface area contributed by atoms with E-state index >= 15 is 0 Å². The maximum absolute atomic E-state index is 11.9. The number of morpholine rings is 1. The summed E-state index contributed by atoms with van der Waals surface area (Å²) in [6, 6.07) is 7.19. The average Bonchev–Trinajstić information content (AvgIpc) is 2.35. The van der Waals surface area contributed by atoms with Crippen molar-refractivity contribution >= 4 is 35.6 Å². The van der Waals surface area contributed by atoms with Crippen LogP contribution in [0.15, 0.2) is 24.3 Å². The second kappa shape index (κ2) is 8.59. The summed E-state index contributed by atoms with van der Waals surface area (Å²) < 4.78 is 5.68. The standard InChI is InChI=1S/C15H21ClN2O2.ClH/c1-11-9-18(10-12(2)20-11)7-6-15(19)17-14-5-3-4-13(16)8-14;/h3-5,8,11-12H,6-7,9-10H2,1-2H3,(H,17,19);1H. The molecule has 1 aliphatic heterocycles. The first kappa shape index (κ1) is 18.2. The molecule has 1 aromatic rings. The van der Waals surface area contributed by atoms with Gasteiger partial charge in [-0.15, -0.1) is 12.4 Å². The van der Waals surface area contributed by atoms with Crippen LogP contribution in [0.3, 0.4) is 0 Å². The van der Waals surface area contributed by atoms with Crippen molar-refractivity contribution < 1.29 is 9.53 Å². The Morgan fingerprint density at radius 3 is 2.67 bits per heavy atom. The molecule has 1 amide bonds. The first-order valence-electron chi connectivity index (χ1n) is 6.96. The molecule has 4 nitrogen and oxygen atoms in total. The van der Waals surface area contributed by atoms with Crippen molar-refractivity contribution in [3.05, 3.63) is 29.3 Å². The number of nitrogens with zero attached hydrogens (tertiary/aromatic N) is 1. The minimum absolute atomic E-state index is 0. The smallest absolute Gasteiger partial charge is 0.225 e. The monoisotopic (exact) mass is 332 g/mol. The molecule has 1 aromatic carbocycles. The minimum Gasteiger partial charge on any atom is -0.373 e. The quantitative estimate of drug-likeness (QED) is 0.920. The van der Waals surface area contributed by atoms with Gasteiger partial charge in [0, 0.05) is 36.8 Å². The fourth-order valence-corrected chi connectivity index (χ4v) is 2.71. The Morgan fingerprint density at radius 2 is 2.05 bits per heavy atom. The third-order valence-corrected chi connectivity index (χ3v) is 3.49. The highest BCUT2D eigenvalue weighted by Gasteiger charge is 2.22. The van der Waals surface area contributed by atoms with Crippen LogP contribution < -0.4 is 5.32 Å². The molecule has 118 valence electrons. The van der Waals surface area contributed by atoms with E-state index in [1.807, 2.05) is 12.1 Å². The normalized spacial score (nSPS) is 22.4. The molecule has 0 saturated carbocycles. The number of carbonyl (C=O) groups excluding carboxylic acids is 1. The lowest BCUT2D eigenvalue weighted by Gasteiger charge is -2.35. The largest absolute Gasteiger partial charge is 0.373 e. The Bertz CT molecular complexity index is 461. The fraction of sp³-hybridized carbons (Fsp3) is 0.533. The third-order valence-electron chi connectivity index (χ3n) is 3.26. The van der Waals surface area contributed by atoms with E-state index in [0.717, 1.165) is 25.3 Å². The Kier molecular flexibility index (Phi) is 7.46. The van der Waals surface area contributed by atoms with Gasteiger partial charge in [0.2, 0.25) is 5.91 Å². The molecule has 21 heavy (non-hydrogen) atoms. The second-order valence-corrected chi connectivity index (χ2v) is 5.76. The molecule has 0 radical (unpaired) electrons. The summed E-state index contributed by atoms with van der Waals surface area (Å²) >= 11 is 5.89. The lowest BCUT2D eigenvalue weighted by molar-refractivity contribution is -0.117. The molecule has 1 aliphatic rings. The van der Waals surface area contributed by atoms with E-state index in [4.69, 9.17) is 16.3 Å². The maximum Gasteiger partial charge on any atom is 0.225 e. The lowest BCUT2D eigenvalue weighted by Crippen LogP contribution is -2.46. The summed E-state index contributed by atoms with van der Waals surface area (Å²) in [5.41, 5.74) is 0.742. The highest BCUT2D eigenvalue weighted by molar-refractivity contribution is 6.30.